The fraction of sp³-hybridized carbons (Fsp3) is 0.400. The molecule has 2 heterocycles. The number of hydrogen-bond donors (Lipinski definition) is 2. The number of aliphatic imine (C=N–C) groups is 1. The molecule has 0 aliphatic rings. The van der Waals surface area contributed by atoms with Crippen LogP contribution in [-0.2, 0) is 23.0 Å². The molecule has 2 aromatic heterocycles. The monoisotopic (exact) mass is 514 g/mol. The van der Waals surface area contributed by atoms with E-state index in [1.54, 1.807) is 24.5 Å². The Morgan fingerprint density at radius 2 is 1.96 bits per heavy atom. The van der Waals surface area contributed by atoms with Crippen molar-refractivity contribution < 1.29 is 8.42 Å². The minimum atomic E-state index is -3.36. The van der Waals surface area contributed by atoms with Crippen molar-refractivity contribution >= 4 is 62.6 Å². The Morgan fingerprint density at radius 1 is 1.20 bits per heavy atom. The molecule has 0 spiro atoms. The third-order valence-electron chi connectivity index (χ3n) is 3.27. The maximum atomic E-state index is 12.1. The quantitative estimate of drug-likeness (QED) is 0.339. The first-order valence-corrected chi connectivity index (χ1v) is 10.5. The predicted molar refractivity (Wildman–Crippen MR) is 117 cm³/mol. The molecular formula is C15H23IN4O2S3. The van der Waals surface area contributed by atoms with Gasteiger partial charge in [0.1, 0.15) is 4.21 Å². The minimum Gasteiger partial charge on any atom is -0.356 e. The SMILES string of the molecule is CN=C(NCCc1cccs1)NCc1ccc(S(=O)(=O)N(C)C)s1.I. The van der Waals surface area contributed by atoms with Gasteiger partial charge in [-0.15, -0.1) is 46.7 Å². The first kappa shape index (κ1) is 22.4. The maximum absolute atomic E-state index is 12.1. The smallest absolute Gasteiger partial charge is 0.252 e. The molecule has 2 N–H and O–H groups in total. The second kappa shape index (κ2) is 10.5. The van der Waals surface area contributed by atoms with E-state index < -0.39 is 10.0 Å². The highest BCUT2D eigenvalue weighted by molar-refractivity contribution is 14.0. The summed E-state index contributed by atoms with van der Waals surface area (Å²) in [5.74, 6) is 0.706. The van der Waals surface area contributed by atoms with Gasteiger partial charge < -0.3 is 10.6 Å². The van der Waals surface area contributed by atoms with Crippen molar-refractivity contribution in [3.8, 4) is 0 Å². The molecule has 0 amide bonds. The normalized spacial score (nSPS) is 12.1. The molecule has 0 saturated carbocycles. The second-order valence-corrected chi connectivity index (χ2v) is 9.77. The Labute approximate surface area is 174 Å². The van der Waals surface area contributed by atoms with E-state index in [0.29, 0.717) is 16.7 Å². The Hall–Kier alpha value is -0.690. The average Bonchev–Trinajstić information content (AvgIpc) is 3.22. The van der Waals surface area contributed by atoms with Crippen LogP contribution in [-0.4, -0.2) is 46.4 Å². The molecule has 2 rings (SSSR count). The van der Waals surface area contributed by atoms with E-state index in [-0.39, 0.29) is 24.0 Å². The third kappa shape index (κ3) is 6.51. The van der Waals surface area contributed by atoms with Crippen LogP contribution in [0.3, 0.4) is 0 Å². The van der Waals surface area contributed by atoms with Gasteiger partial charge >= 0.3 is 0 Å². The Morgan fingerprint density at radius 3 is 2.56 bits per heavy atom. The molecule has 0 unspecified atom stereocenters. The van der Waals surface area contributed by atoms with Gasteiger partial charge in [0.2, 0.25) is 0 Å². The third-order valence-corrected chi connectivity index (χ3v) is 7.57. The van der Waals surface area contributed by atoms with Gasteiger partial charge in [-0.25, -0.2) is 12.7 Å². The first-order chi connectivity index (χ1) is 11.4. The number of hydrogen-bond acceptors (Lipinski definition) is 5. The van der Waals surface area contributed by atoms with Crippen LogP contribution < -0.4 is 10.6 Å². The van der Waals surface area contributed by atoms with Crippen molar-refractivity contribution in [2.24, 2.45) is 4.99 Å². The summed E-state index contributed by atoms with van der Waals surface area (Å²) in [6.07, 6.45) is 0.947. The molecule has 0 bridgehead atoms. The van der Waals surface area contributed by atoms with Crippen molar-refractivity contribution in [1.82, 2.24) is 14.9 Å². The van der Waals surface area contributed by atoms with Crippen LogP contribution in [0, 0.1) is 0 Å². The van der Waals surface area contributed by atoms with E-state index in [1.165, 1.54) is 34.6 Å². The summed E-state index contributed by atoms with van der Waals surface area (Å²) in [5.41, 5.74) is 0. The van der Waals surface area contributed by atoms with E-state index in [1.807, 2.05) is 12.1 Å². The molecule has 25 heavy (non-hydrogen) atoms. The number of nitrogens with one attached hydrogen (secondary N) is 2. The highest BCUT2D eigenvalue weighted by Crippen LogP contribution is 2.23. The van der Waals surface area contributed by atoms with E-state index in [4.69, 9.17) is 0 Å². The summed E-state index contributed by atoms with van der Waals surface area (Å²) < 4.78 is 25.7. The van der Waals surface area contributed by atoms with Crippen LogP contribution in [0.4, 0.5) is 0 Å². The number of sulfonamides is 1. The number of thiophene rings is 2. The van der Waals surface area contributed by atoms with Gasteiger partial charge in [0.25, 0.3) is 10.0 Å². The molecule has 0 aliphatic heterocycles. The lowest BCUT2D eigenvalue weighted by Crippen LogP contribution is -2.37. The highest BCUT2D eigenvalue weighted by atomic mass is 127. The van der Waals surface area contributed by atoms with E-state index >= 15 is 0 Å². The largest absolute Gasteiger partial charge is 0.356 e. The summed E-state index contributed by atoms with van der Waals surface area (Å²) in [6, 6.07) is 7.63. The van der Waals surface area contributed by atoms with Gasteiger partial charge in [0.15, 0.2) is 5.96 Å². The standard InChI is InChI=1S/C15H22N4O2S3.HI/c1-16-15(17-9-8-12-5-4-10-22-12)18-11-13-6-7-14(23-13)24(20,21)19(2)3;/h4-7,10H,8-9,11H2,1-3H3,(H2,16,17,18);1H. The Bertz CT molecular complexity index is 771. The van der Waals surface area contributed by atoms with Crippen molar-refractivity contribution in [3.63, 3.8) is 0 Å². The van der Waals surface area contributed by atoms with Gasteiger partial charge in [0, 0.05) is 37.4 Å². The zero-order chi connectivity index (χ0) is 17.6. The maximum Gasteiger partial charge on any atom is 0.252 e. The molecule has 10 heteroatoms. The van der Waals surface area contributed by atoms with Crippen LogP contribution in [0.15, 0.2) is 38.8 Å². The Balaban J connectivity index is 0.00000312. The molecule has 0 radical (unpaired) electrons. The molecule has 6 nitrogen and oxygen atoms in total. The first-order valence-electron chi connectivity index (χ1n) is 7.41. The van der Waals surface area contributed by atoms with Gasteiger partial charge in [-0.05, 0) is 30.0 Å². The van der Waals surface area contributed by atoms with Crippen LogP contribution in [0.2, 0.25) is 0 Å². The number of halogens is 1. The second-order valence-electron chi connectivity index (χ2n) is 5.19. The summed E-state index contributed by atoms with van der Waals surface area (Å²) in [5, 5.41) is 8.53. The van der Waals surface area contributed by atoms with E-state index in [0.717, 1.165) is 17.8 Å². The topological polar surface area (TPSA) is 73.8 Å². The van der Waals surface area contributed by atoms with Crippen LogP contribution >= 0.6 is 46.7 Å². The lowest BCUT2D eigenvalue weighted by atomic mass is 10.3. The van der Waals surface area contributed by atoms with Crippen LogP contribution in [0.1, 0.15) is 9.75 Å². The molecule has 0 aliphatic carbocycles. The lowest BCUT2D eigenvalue weighted by molar-refractivity contribution is 0.523. The summed E-state index contributed by atoms with van der Waals surface area (Å²) >= 11 is 3.01. The minimum absolute atomic E-state index is 0. The molecule has 2 aromatic rings. The van der Waals surface area contributed by atoms with Gasteiger partial charge in [-0.3, -0.25) is 4.99 Å². The van der Waals surface area contributed by atoms with Crippen LogP contribution in [0.25, 0.3) is 0 Å². The van der Waals surface area contributed by atoms with Gasteiger partial charge in [-0.2, -0.15) is 0 Å². The molecular weight excluding hydrogens is 491 g/mol. The van der Waals surface area contributed by atoms with Gasteiger partial charge in [-0.1, -0.05) is 6.07 Å². The fourth-order valence-corrected chi connectivity index (χ4v) is 5.10. The zero-order valence-corrected chi connectivity index (χ0v) is 19.1. The van der Waals surface area contributed by atoms with E-state index in [2.05, 4.69) is 27.1 Å². The van der Waals surface area contributed by atoms with Crippen molar-refractivity contribution in [2.75, 3.05) is 27.7 Å². The lowest BCUT2D eigenvalue weighted by Gasteiger charge is -2.11. The van der Waals surface area contributed by atoms with E-state index in [9.17, 15) is 8.42 Å². The molecule has 0 fully saturated rings. The molecule has 0 saturated heterocycles. The number of nitrogens with zero attached hydrogens (tertiary/aromatic N) is 2. The van der Waals surface area contributed by atoms with Gasteiger partial charge in [0.05, 0.1) is 6.54 Å². The Kier molecular flexibility index (Phi) is 9.35. The number of rotatable bonds is 7. The number of guanidine groups is 1. The summed E-state index contributed by atoms with van der Waals surface area (Å²) in [4.78, 5) is 6.45. The fourth-order valence-electron chi connectivity index (χ4n) is 1.92. The van der Waals surface area contributed by atoms with Crippen LogP contribution in [0.5, 0.6) is 0 Å². The molecule has 140 valence electrons. The summed E-state index contributed by atoms with van der Waals surface area (Å²) in [6.45, 7) is 1.33. The zero-order valence-electron chi connectivity index (χ0n) is 14.4. The predicted octanol–water partition coefficient (Wildman–Crippen LogP) is 2.59. The van der Waals surface area contributed by atoms with Crippen molar-refractivity contribution in [2.45, 2.75) is 17.2 Å². The highest BCUT2D eigenvalue weighted by Gasteiger charge is 2.19. The average molecular weight is 514 g/mol. The molecule has 0 aromatic carbocycles. The van der Waals surface area contributed by atoms with Crippen molar-refractivity contribution in [1.29, 1.82) is 0 Å². The summed E-state index contributed by atoms with van der Waals surface area (Å²) in [7, 11) is 1.43. The van der Waals surface area contributed by atoms with Crippen molar-refractivity contribution in [3.05, 3.63) is 39.4 Å². The molecule has 0 atom stereocenters.